The van der Waals surface area contributed by atoms with Crippen LogP contribution in [-0.2, 0) is 9.53 Å². The van der Waals surface area contributed by atoms with Gasteiger partial charge in [-0.05, 0) is 30.5 Å². The molecule has 0 aliphatic carbocycles. The molecule has 1 aliphatic rings. The predicted molar refractivity (Wildman–Crippen MR) is 98.9 cm³/mol. The van der Waals surface area contributed by atoms with E-state index >= 15 is 0 Å². The van der Waals surface area contributed by atoms with Gasteiger partial charge in [0.15, 0.2) is 0 Å². The number of carbonyl (C=O) groups excluding carboxylic acids is 2. The van der Waals surface area contributed by atoms with Crippen molar-refractivity contribution in [3.05, 3.63) is 29.3 Å². The van der Waals surface area contributed by atoms with Crippen molar-refractivity contribution < 1.29 is 14.3 Å². The molecule has 0 bridgehead atoms. The molecule has 2 amide bonds. The summed E-state index contributed by atoms with van der Waals surface area (Å²) in [4.78, 5) is 28.0. The summed E-state index contributed by atoms with van der Waals surface area (Å²) in [5, 5.41) is 3.43. The lowest BCUT2D eigenvalue weighted by Crippen LogP contribution is -2.38. The van der Waals surface area contributed by atoms with Gasteiger partial charge in [-0.1, -0.05) is 31.5 Å². The van der Waals surface area contributed by atoms with Crippen LogP contribution in [0.15, 0.2) is 24.3 Å². The average Bonchev–Trinajstić information content (AvgIpc) is 2.78. The minimum Gasteiger partial charge on any atom is -0.449 e. The summed E-state index contributed by atoms with van der Waals surface area (Å²) in [6, 6.07) is 7.08. The second-order valence-corrected chi connectivity index (χ2v) is 7.08. The quantitative estimate of drug-likeness (QED) is 0.868. The lowest BCUT2D eigenvalue weighted by Gasteiger charge is -2.21. The maximum atomic E-state index is 12.2. The van der Waals surface area contributed by atoms with Crippen molar-refractivity contribution in [1.29, 1.82) is 0 Å². The number of carbonyl (C=O) groups is 2. The van der Waals surface area contributed by atoms with Crippen molar-refractivity contribution in [1.82, 2.24) is 9.80 Å². The lowest BCUT2D eigenvalue weighted by atomic mass is 10.2. The van der Waals surface area contributed by atoms with Crippen molar-refractivity contribution in [2.45, 2.75) is 20.3 Å². The molecule has 1 saturated heterocycles. The summed E-state index contributed by atoms with van der Waals surface area (Å²) >= 11 is 5.92. The highest BCUT2D eigenvalue weighted by Gasteiger charge is 2.21. The van der Waals surface area contributed by atoms with Gasteiger partial charge >= 0.3 is 6.09 Å². The van der Waals surface area contributed by atoms with Gasteiger partial charge < -0.3 is 15.0 Å². The van der Waals surface area contributed by atoms with Gasteiger partial charge in [0.1, 0.15) is 0 Å². The van der Waals surface area contributed by atoms with E-state index in [1.807, 2.05) is 13.8 Å². The van der Waals surface area contributed by atoms with E-state index in [-0.39, 0.29) is 12.0 Å². The van der Waals surface area contributed by atoms with Gasteiger partial charge in [-0.3, -0.25) is 9.69 Å². The molecule has 0 unspecified atom stereocenters. The Balaban J connectivity index is 1.78. The van der Waals surface area contributed by atoms with Gasteiger partial charge in [0.05, 0.1) is 13.2 Å². The molecule has 1 N–H and O–H groups in total. The van der Waals surface area contributed by atoms with Gasteiger partial charge in [0.2, 0.25) is 5.91 Å². The van der Waals surface area contributed by atoms with Crippen molar-refractivity contribution in [2.75, 3.05) is 44.6 Å². The molecule has 1 heterocycles. The van der Waals surface area contributed by atoms with Crippen molar-refractivity contribution >= 4 is 29.3 Å². The fourth-order valence-corrected chi connectivity index (χ4v) is 2.80. The summed E-state index contributed by atoms with van der Waals surface area (Å²) in [6.07, 6.45) is 0.556. The van der Waals surface area contributed by atoms with E-state index in [1.54, 1.807) is 29.2 Å². The van der Waals surface area contributed by atoms with E-state index in [9.17, 15) is 9.59 Å². The lowest BCUT2D eigenvalue weighted by molar-refractivity contribution is -0.117. The second-order valence-electron chi connectivity index (χ2n) is 6.65. The van der Waals surface area contributed by atoms with Crippen molar-refractivity contribution in [3.63, 3.8) is 0 Å². The van der Waals surface area contributed by atoms with Crippen LogP contribution < -0.4 is 5.32 Å². The Morgan fingerprint density at radius 2 is 2.04 bits per heavy atom. The Hall–Kier alpha value is -1.79. The molecule has 1 aromatic rings. The Morgan fingerprint density at radius 1 is 1.24 bits per heavy atom. The Morgan fingerprint density at radius 3 is 2.76 bits per heavy atom. The normalized spacial score (nSPS) is 15.8. The molecule has 1 aliphatic heterocycles. The molecule has 2 rings (SSSR count). The van der Waals surface area contributed by atoms with Gasteiger partial charge in [-0.25, -0.2) is 4.79 Å². The standard InChI is InChI=1S/C18H26ClN3O3/c1-14(2)13-25-18(24)22-8-4-7-21(9-10-22)12-17(23)20-16-6-3-5-15(19)11-16/h3,5-6,11,14H,4,7-10,12-13H2,1-2H3,(H,20,23). The van der Waals surface area contributed by atoms with Gasteiger partial charge in [-0.15, -0.1) is 0 Å². The maximum absolute atomic E-state index is 12.2. The van der Waals surface area contributed by atoms with Crippen LogP contribution >= 0.6 is 11.6 Å². The summed E-state index contributed by atoms with van der Waals surface area (Å²) in [5.41, 5.74) is 0.686. The van der Waals surface area contributed by atoms with E-state index in [0.717, 1.165) is 13.0 Å². The molecular formula is C18H26ClN3O3. The summed E-state index contributed by atoms with van der Waals surface area (Å²) in [7, 11) is 0. The molecule has 0 radical (unpaired) electrons. The summed E-state index contributed by atoms with van der Waals surface area (Å²) in [5.74, 6) is 0.237. The number of amides is 2. The monoisotopic (exact) mass is 367 g/mol. The predicted octanol–water partition coefficient (Wildman–Crippen LogP) is 3.08. The van der Waals surface area contributed by atoms with Crippen LogP contribution in [-0.4, -0.2) is 61.1 Å². The first kappa shape index (κ1) is 19.5. The van der Waals surface area contributed by atoms with Crippen LogP contribution in [0.5, 0.6) is 0 Å². The first-order valence-corrected chi connectivity index (χ1v) is 9.01. The number of anilines is 1. The van der Waals surface area contributed by atoms with E-state index in [4.69, 9.17) is 16.3 Å². The Labute approximate surface area is 154 Å². The van der Waals surface area contributed by atoms with Gasteiger partial charge in [0, 0.05) is 36.9 Å². The van der Waals surface area contributed by atoms with E-state index < -0.39 is 0 Å². The highest BCUT2D eigenvalue weighted by atomic mass is 35.5. The molecule has 0 saturated carbocycles. The molecule has 7 heteroatoms. The van der Waals surface area contributed by atoms with Crippen LogP contribution in [0.2, 0.25) is 5.02 Å². The van der Waals surface area contributed by atoms with Crippen molar-refractivity contribution in [3.8, 4) is 0 Å². The topological polar surface area (TPSA) is 61.9 Å². The SMILES string of the molecule is CC(C)COC(=O)N1CCCN(CC(=O)Nc2cccc(Cl)c2)CC1. The van der Waals surface area contributed by atoms with E-state index in [2.05, 4.69) is 10.2 Å². The number of benzene rings is 1. The van der Waals surface area contributed by atoms with Crippen LogP contribution in [0.4, 0.5) is 10.5 Å². The fraction of sp³-hybridized carbons (Fsp3) is 0.556. The number of hydrogen-bond acceptors (Lipinski definition) is 4. The maximum Gasteiger partial charge on any atom is 0.409 e. The zero-order valence-corrected chi connectivity index (χ0v) is 15.6. The number of ether oxygens (including phenoxy) is 1. The highest BCUT2D eigenvalue weighted by Crippen LogP contribution is 2.15. The Bertz CT molecular complexity index is 595. The minimum absolute atomic E-state index is 0.0851. The third kappa shape index (κ3) is 6.92. The smallest absolute Gasteiger partial charge is 0.409 e. The number of nitrogens with one attached hydrogen (secondary N) is 1. The summed E-state index contributed by atoms with van der Waals surface area (Å²) < 4.78 is 5.28. The van der Waals surface area contributed by atoms with Gasteiger partial charge in [0.25, 0.3) is 0 Å². The highest BCUT2D eigenvalue weighted by molar-refractivity contribution is 6.30. The molecule has 0 spiro atoms. The molecule has 6 nitrogen and oxygen atoms in total. The molecule has 0 aromatic heterocycles. The van der Waals surface area contributed by atoms with E-state index in [0.29, 0.717) is 49.4 Å². The first-order valence-electron chi connectivity index (χ1n) is 8.63. The third-order valence-corrected chi connectivity index (χ3v) is 4.10. The van der Waals surface area contributed by atoms with Crippen LogP contribution in [0.1, 0.15) is 20.3 Å². The number of rotatable bonds is 5. The van der Waals surface area contributed by atoms with Gasteiger partial charge in [-0.2, -0.15) is 0 Å². The largest absolute Gasteiger partial charge is 0.449 e. The molecule has 1 aromatic carbocycles. The Kier molecular flexibility index (Phi) is 7.52. The summed E-state index contributed by atoms with van der Waals surface area (Å²) in [6.45, 7) is 7.40. The minimum atomic E-state index is -0.265. The number of nitrogens with zero attached hydrogens (tertiary/aromatic N) is 2. The number of halogens is 1. The number of hydrogen-bond donors (Lipinski definition) is 1. The molecule has 1 fully saturated rings. The third-order valence-electron chi connectivity index (χ3n) is 3.86. The van der Waals surface area contributed by atoms with Crippen molar-refractivity contribution in [2.24, 2.45) is 5.92 Å². The molecule has 0 atom stereocenters. The fourth-order valence-electron chi connectivity index (χ4n) is 2.61. The first-order chi connectivity index (χ1) is 11.9. The molecule has 138 valence electrons. The zero-order chi connectivity index (χ0) is 18.2. The second kappa shape index (κ2) is 9.63. The molecular weight excluding hydrogens is 342 g/mol. The van der Waals surface area contributed by atoms with Crippen LogP contribution in [0.3, 0.4) is 0 Å². The average molecular weight is 368 g/mol. The van der Waals surface area contributed by atoms with Crippen LogP contribution in [0, 0.1) is 5.92 Å². The molecule has 25 heavy (non-hydrogen) atoms. The zero-order valence-electron chi connectivity index (χ0n) is 14.8. The van der Waals surface area contributed by atoms with Crippen LogP contribution in [0.25, 0.3) is 0 Å². The van der Waals surface area contributed by atoms with E-state index in [1.165, 1.54) is 0 Å².